The van der Waals surface area contributed by atoms with Crippen LogP contribution >= 0.6 is 24.2 Å². The van der Waals surface area contributed by atoms with Gasteiger partial charge < -0.3 is 4.98 Å². The number of halogens is 1. The lowest BCUT2D eigenvalue weighted by Gasteiger charge is -1.94. The van der Waals surface area contributed by atoms with Crippen molar-refractivity contribution in [2.24, 2.45) is 0 Å². The van der Waals surface area contributed by atoms with Gasteiger partial charge in [-0.1, -0.05) is 11.6 Å². The molecule has 2 aromatic rings. The smallest absolute Gasteiger partial charge is 0.0931 e. The molecule has 2 rings (SSSR count). The molecule has 0 radical (unpaired) electrons. The van der Waals surface area contributed by atoms with Gasteiger partial charge in [-0.15, -0.1) is 12.6 Å². The fourth-order valence-electron chi connectivity index (χ4n) is 0.945. The van der Waals surface area contributed by atoms with E-state index < -0.39 is 0 Å². The van der Waals surface area contributed by atoms with Gasteiger partial charge in [0.05, 0.1) is 22.4 Å². The van der Waals surface area contributed by atoms with Crippen molar-refractivity contribution >= 4 is 35.3 Å². The average molecular weight is 185 g/mol. The predicted octanol–water partition coefficient (Wildman–Crippen LogP) is 2.50. The molecule has 0 saturated carbocycles. The van der Waals surface area contributed by atoms with Crippen LogP contribution in [0.25, 0.3) is 11.0 Å². The Balaban J connectivity index is 2.86. The molecule has 4 heteroatoms. The molecule has 0 atom stereocenters. The van der Waals surface area contributed by atoms with Crippen LogP contribution in [0.1, 0.15) is 0 Å². The number of rotatable bonds is 0. The van der Waals surface area contributed by atoms with E-state index in [0.29, 0.717) is 5.02 Å². The number of hydrogen-bond acceptors (Lipinski definition) is 2. The minimum absolute atomic E-state index is 0.644. The Bertz CT molecular complexity index is 360. The molecule has 0 aliphatic rings. The molecule has 0 aliphatic carbocycles. The van der Waals surface area contributed by atoms with Gasteiger partial charge in [-0.2, -0.15) is 0 Å². The van der Waals surface area contributed by atoms with E-state index in [2.05, 4.69) is 22.6 Å². The molecule has 1 aromatic carbocycles. The molecule has 56 valence electrons. The van der Waals surface area contributed by atoms with E-state index >= 15 is 0 Å². The summed E-state index contributed by atoms with van der Waals surface area (Å²) in [7, 11) is 0. The van der Waals surface area contributed by atoms with Gasteiger partial charge >= 0.3 is 0 Å². The van der Waals surface area contributed by atoms with Crippen molar-refractivity contribution in [1.82, 2.24) is 9.97 Å². The van der Waals surface area contributed by atoms with Crippen LogP contribution in [0.4, 0.5) is 0 Å². The van der Waals surface area contributed by atoms with Crippen LogP contribution in [0.5, 0.6) is 0 Å². The largest absolute Gasteiger partial charge is 0.345 e. The van der Waals surface area contributed by atoms with E-state index in [9.17, 15) is 0 Å². The van der Waals surface area contributed by atoms with Gasteiger partial charge in [-0.3, -0.25) is 0 Å². The number of fused-ring (bicyclic) bond motifs is 1. The van der Waals surface area contributed by atoms with Crippen LogP contribution in [0, 0.1) is 0 Å². The first-order chi connectivity index (χ1) is 5.27. The topological polar surface area (TPSA) is 28.7 Å². The highest BCUT2D eigenvalue weighted by atomic mass is 35.5. The lowest BCUT2D eigenvalue weighted by atomic mass is 10.3. The Kier molecular flexibility index (Phi) is 1.55. The van der Waals surface area contributed by atoms with Crippen LogP contribution in [-0.2, 0) is 0 Å². The lowest BCUT2D eigenvalue weighted by molar-refractivity contribution is 1.34. The van der Waals surface area contributed by atoms with Crippen LogP contribution in [-0.4, -0.2) is 9.97 Å². The third-order valence-corrected chi connectivity index (χ3v) is 2.30. The second kappa shape index (κ2) is 2.43. The number of nitrogens with one attached hydrogen (secondary N) is 1. The van der Waals surface area contributed by atoms with Crippen molar-refractivity contribution < 1.29 is 0 Å². The number of imidazole rings is 1. The molecular weight excluding hydrogens is 180 g/mol. The monoisotopic (exact) mass is 184 g/mol. The fraction of sp³-hybridized carbons (Fsp3) is 0. The molecule has 0 unspecified atom stereocenters. The highest BCUT2D eigenvalue weighted by molar-refractivity contribution is 7.80. The number of H-pyrrole nitrogens is 1. The van der Waals surface area contributed by atoms with E-state index in [4.69, 9.17) is 11.6 Å². The summed E-state index contributed by atoms with van der Waals surface area (Å²) in [4.78, 5) is 7.77. The summed E-state index contributed by atoms with van der Waals surface area (Å²) in [6.45, 7) is 0. The molecule has 0 amide bonds. The Morgan fingerprint density at radius 3 is 3.09 bits per heavy atom. The molecule has 2 nitrogen and oxygen atoms in total. The summed E-state index contributed by atoms with van der Waals surface area (Å²) in [6.07, 6.45) is 1.63. The minimum atomic E-state index is 0.644. The van der Waals surface area contributed by atoms with Crippen LogP contribution in [0.2, 0.25) is 5.02 Å². The minimum Gasteiger partial charge on any atom is -0.345 e. The third-order valence-electron chi connectivity index (χ3n) is 1.49. The van der Waals surface area contributed by atoms with Gasteiger partial charge in [0.1, 0.15) is 0 Å². The fourth-order valence-corrected chi connectivity index (χ4v) is 1.30. The summed E-state index contributed by atoms with van der Waals surface area (Å²) >= 11 is 9.98. The molecule has 1 aromatic heterocycles. The van der Waals surface area contributed by atoms with Crippen molar-refractivity contribution in [3.8, 4) is 0 Å². The third kappa shape index (κ3) is 1.10. The summed E-state index contributed by atoms with van der Waals surface area (Å²) < 4.78 is 0. The molecule has 0 fully saturated rings. The standard InChI is InChI=1S/C7H5ClN2S/c8-4-1-5-6(2-7(4)11)10-3-9-5/h1-3,11H,(H,9,10). The number of benzene rings is 1. The van der Waals surface area contributed by atoms with Gasteiger partial charge in [-0.25, -0.2) is 4.98 Å². The van der Waals surface area contributed by atoms with Crippen LogP contribution in [0.3, 0.4) is 0 Å². The Morgan fingerprint density at radius 2 is 2.27 bits per heavy atom. The zero-order chi connectivity index (χ0) is 7.84. The quantitative estimate of drug-likeness (QED) is 0.606. The summed E-state index contributed by atoms with van der Waals surface area (Å²) in [6, 6.07) is 3.64. The molecule has 1 N–H and O–H groups in total. The second-order valence-corrected chi connectivity index (χ2v) is 3.11. The van der Waals surface area contributed by atoms with E-state index in [-0.39, 0.29) is 0 Å². The number of aromatic amines is 1. The highest BCUT2D eigenvalue weighted by Gasteiger charge is 2.00. The van der Waals surface area contributed by atoms with Crippen molar-refractivity contribution in [3.63, 3.8) is 0 Å². The number of thiol groups is 1. The maximum Gasteiger partial charge on any atom is 0.0931 e. The van der Waals surface area contributed by atoms with Crippen LogP contribution < -0.4 is 0 Å². The normalized spacial score (nSPS) is 10.7. The molecule has 1 heterocycles. The Morgan fingerprint density at radius 1 is 1.45 bits per heavy atom. The van der Waals surface area contributed by atoms with Crippen LogP contribution in [0.15, 0.2) is 23.4 Å². The van der Waals surface area contributed by atoms with E-state index in [0.717, 1.165) is 15.9 Å². The number of hydrogen-bond donors (Lipinski definition) is 2. The zero-order valence-corrected chi connectivity index (χ0v) is 7.15. The maximum atomic E-state index is 5.82. The average Bonchev–Trinajstić information content (AvgIpc) is 2.36. The second-order valence-electron chi connectivity index (χ2n) is 2.22. The molecule has 0 saturated heterocycles. The molecule has 11 heavy (non-hydrogen) atoms. The zero-order valence-electron chi connectivity index (χ0n) is 5.50. The van der Waals surface area contributed by atoms with Crippen molar-refractivity contribution in [1.29, 1.82) is 0 Å². The summed E-state index contributed by atoms with van der Waals surface area (Å²) in [5, 5.41) is 0.644. The first kappa shape index (κ1) is 7.00. The van der Waals surface area contributed by atoms with E-state index in [1.165, 1.54) is 0 Å². The molecule has 0 spiro atoms. The van der Waals surface area contributed by atoms with Gasteiger partial charge in [0, 0.05) is 4.90 Å². The Hall–Kier alpha value is -0.670. The maximum absolute atomic E-state index is 5.82. The lowest BCUT2D eigenvalue weighted by Crippen LogP contribution is -1.72. The first-order valence-corrected chi connectivity index (χ1v) is 3.91. The van der Waals surface area contributed by atoms with Gasteiger partial charge in [0.2, 0.25) is 0 Å². The molecular formula is C7H5ClN2S. The summed E-state index contributed by atoms with van der Waals surface area (Å²) in [5.41, 5.74) is 1.83. The van der Waals surface area contributed by atoms with Crippen molar-refractivity contribution in [2.45, 2.75) is 4.90 Å². The van der Waals surface area contributed by atoms with E-state index in [1.807, 2.05) is 12.1 Å². The van der Waals surface area contributed by atoms with Gasteiger partial charge in [0.25, 0.3) is 0 Å². The van der Waals surface area contributed by atoms with Crippen molar-refractivity contribution in [3.05, 3.63) is 23.5 Å². The number of nitrogens with zero attached hydrogens (tertiary/aromatic N) is 1. The molecule has 0 aliphatic heterocycles. The first-order valence-electron chi connectivity index (χ1n) is 3.09. The summed E-state index contributed by atoms with van der Waals surface area (Å²) in [5.74, 6) is 0. The van der Waals surface area contributed by atoms with E-state index in [1.54, 1.807) is 6.33 Å². The number of aromatic nitrogens is 2. The van der Waals surface area contributed by atoms with Crippen molar-refractivity contribution in [2.75, 3.05) is 0 Å². The SMILES string of the molecule is Sc1cc2nc[nH]c2cc1Cl. The van der Waals surface area contributed by atoms with Gasteiger partial charge in [-0.05, 0) is 12.1 Å². The Labute approximate surface area is 74.0 Å². The molecule has 0 bridgehead atoms. The predicted molar refractivity (Wildman–Crippen MR) is 48.4 cm³/mol. The highest BCUT2D eigenvalue weighted by Crippen LogP contribution is 2.24. The van der Waals surface area contributed by atoms with Gasteiger partial charge in [0.15, 0.2) is 0 Å².